The van der Waals surface area contributed by atoms with E-state index in [1.165, 1.54) is 6.26 Å². The van der Waals surface area contributed by atoms with Gasteiger partial charge >= 0.3 is 5.97 Å². The molecule has 2 rings (SSSR count). The molecule has 0 aromatic carbocycles. The molecule has 0 spiro atoms. The van der Waals surface area contributed by atoms with Gasteiger partial charge in [-0.25, -0.2) is 4.98 Å². The molecule has 1 N–H and O–H groups in total. The first-order chi connectivity index (χ1) is 11.6. The number of carboxylic acids is 1. The fraction of sp³-hybridized carbons (Fsp3) is 0.500. The van der Waals surface area contributed by atoms with E-state index in [1.54, 1.807) is 30.2 Å². The molecule has 1 atom stereocenters. The minimum absolute atomic E-state index is 0.163. The minimum atomic E-state index is -1.03. The zero-order valence-corrected chi connectivity index (χ0v) is 16.2. The Morgan fingerprint density at radius 2 is 1.96 bits per heavy atom. The largest absolute Gasteiger partial charge is 0.481 e. The number of aromatic nitrogens is 1. The topological polar surface area (TPSA) is 83.6 Å². The van der Waals surface area contributed by atoms with Crippen molar-refractivity contribution in [3.05, 3.63) is 38.7 Å². The molecule has 1 unspecified atom stereocenters. The van der Waals surface area contributed by atoms with E-state index >= 15 is 0 Å². The predicted octanol–water partition coefficient (Wildman–Crippen LogP) is 3.94. The van der Waals surface area contributed by atoms with Gasteiger partial charge in [0, 0.05) is 23.4 Å². The van der Waals surface area contributed by atoms with Crippen LogP contribution in [0.3, 0.4) is 0 Å². The molecular formula is C18H24N2O4S. The van der Waals surface area contributed by atoms with Crippen molar-refractivity contribution < 1.29 is 19.1 Å². The first kappa shape index (κ1) is 19.2. The van der Waals surface area contributed by atoms with Gasteiger partial charge in [-0.3, -0.25) is 9.59 Å². The van der Waals surface area contributed by atoms with Crippen molar-refractivity contribution in [1.82, 2.24) is 9.88 Å². The van der Waals surface area contributed by atoms with Crippen LogP contribution in [0.5, 0.6) is 0 Å². The molecule has 0 aliphatic rings. The van der Waals surface area contributed by atoms with Gasteiger partial charge in [-0.1, -0.05) is 13.8 Å². The van der Waals surface area contributed by atoms with E-state index < -0.39 is 5.97 Å². The molecule has 25 heavy (non-hydrogen) atoms. The van der Waals surface area contributed by atoms with Crippen LogP contribution in [0.1, 0.15) is 70.0 Å². The minimum Gasteiger partial charge on any atom is -0.481 e. The van der Waals surface area contributed by atoms with Gasteiger partial charge in [-0.2, -0.15) is 0 Å². The molecule has 2 heterocycles. The summed E-state index contributed by atoms with van der Waals surface area (Å²) >= 11 is 1.62. The second-order valence-electron chi connectivity index (χ2n) is 6.54. The second kappa shape index (κ2) is 7.39. The number of amides is 1. The SMILES string of the molecule is Cc1coc(CC(=O)O)c1C(=O)N(C)C(C)c1sc(C(C)C)nc1C. The molecule has 0 saturated heterocycles. The molecule has 1 amide bonds. The Labute approximate surface area is 151 Å². The number of carboxylic acid groups (broad SMARTS) is 1. The van der Waals surface area contributed by atoms with Gasteiger partial charge in [0.15, 0.2) is 0 Å². The molecule has 7 heteroatoms. The van der Waals surface area contributed by atoms with Gasteiger partial charge in [-0.05, 0) is 20.8 Å². The van der Waals surface area contributed by atoms with Gasteiger partial charge in [0.2, 0.25) is 0 Å². The Bertz CT molecular complexity index is 791. The number of carbonyl (C=O) groups excluding carboxylic acids is 1. The van der Waals surface area contributed by atoms with E-state index in [-0.39, 0.29) is 24.1 Å². The normalized spacial score (nSPS) is 12.4. The van der Waals surface area contributed by atoms with Crippen LogP contribution in [0.25, 0.3) is 0 Å². The lowest BCUT2D eigenvalue weighted by molar-refractivity contribution is -0.136. The van der Waals surface area contributed by atoms with Crippen LogP contribution in [0.2, 0.25) is 0 Å². The summed E-state index contributed by atoms with van der Waals surface area (Å²) in [4.78, 5) is 31.2. The Balaban J connectivity index is 2.31. The lowest BCUT2D eigenvalue weighted by Crippen LogP contribution is -2.30. The van der Waals surface area contributed by atoms with Gasteiger partial charge in [-0.15, -0.1) is 11.3 Å². The maximum absolute atomic E-state index is 13.0. The summed E-state index contributed by atoms with van der Waals surface area (Å²) in [5.74, 6) is -0.741. The van der Waals surface area contributed by atoms with Gasteiger partial charge in [0.05, 0.1) is 28.6 Å². The Morgan fingerprint density at radius 3 is 2.48 bits per heavy atom. The first-order valence-corrected chi connectivity index (χ1v) is 8.98. The van der Waals surface area contributed by atoms with Crippen molar-refractivity contribution in [2.45, 2.75) is 53.0 Å². The number of furan rings is 1. The van der Waals surface area contributed by atoms with Crippen molar-refractivity contribution in [1.29, 1.82) is 0 Å². The van der Waals surface area contributed by atoms with Crippen LogP contribution >= 0.6 is 11.3 Å². The number of hydrogen-bond donors (Lipinski definition) is 1. The maximum atomic E-state index is 13.0. The summed E-state index contributed by atoms with van der Waals surface area (Å²) in [6.45, 7) is 9.83. The van der Waals surface area contributed by atoms with Gasteiger partial charge in [0.25, 0.3) is 5.91 Å². The van der Waals surface area contributed by atoms with E-state index in [0.29, 0.717) is 17.0 Å². The summed E-state index contributed by atoms with van der Waals surface area (Å²) < 4.78 is 5.28. The Hall–Kier alpha value is -2.15. The quantitative estimate of drug-likeness (QED) is 0.839. The molecule has 0 aliphatic heterocycles. The van der Waals surface area contributed by atoms with Crippen LogP contribution in [-0.4, -0.2) is 33.9 Å². The third-order valence-corrected chi connectivity index (χ3v) is 5.83. The van der Waals surface area contributed by atoms with Crippen LogP contribution in [0.15, 0.2) is 10.7 Å². The van der Waals surface area contributed by atoms with Crippen molar-refractivity contribution in [3.8, 4) is 0 Å². The van der Waals surface area contributed by atoms with E-state index in [1.807, 2.05) is 13.8 Å². The third kappa shape index (κ3) is 3.92. The standard InChI is InChI=1S/C18H24N2O4S/c1-9(2)17-19-11(4)16(25-17)12(5)20(6)18(23)15-10(3)8-24-13(15)7-14(21)22/h8-9,12H,7H2,1-6H3,(H,21,22). The molecule has 0 saturated carbocycles. The number of thiazole rings is 1. The molecule has 0 aliphatic carbocycles. The number of aliphatic carboxylic acids is 1. The molecule has 0 radical (unpaired) electrons. The molecule has 2 aromatic rings. The van der Waals surface area contributed by atoms with Crippen LogP contribution < -0.4 is 0 Å². The highest BCUT2D eigenvalue weighted by molar-refractivity contribution is 7.11. The lowest BCUT2D eigenvalue weighted by atomic mass is 10.1. The molecule has 0 fully saturated rings. The second-order valence-corrected chi connectivity index (χ2v) is 7.60. The fourth-order valence-corrected chi connectivity index (χ4v) is 3.81. The molecule has 6 nitrogen and oxygen atoms in total. The number of aryl methyl sites for hydroxylation is 2. The molecular weight excluding hydrogens is 340 g/mol. The number of rotatable bonds is 6. The van der Waals surface area contributed by atoms with Gasteiger partial charge in [0.1, 0.15) is 12.2 Å². The highest BCUT2D eigenvalue weighted by Gasteiger charge is 2.28. The van der Waals surface area contributed by atoms with E-state index in [2.05, 4.69) is 18.8 Å². The van der Waals surface area contributed by atoms with Crippen molar-refractivity contribution >= 4 is 23.2 Å². The summed E-state index contributed by atoms with van der Waals surface area (Å²) in [6, 6.07) is -0.163. The Kier molecular flexibility index (Phi) is 5.67. The van der Waals surface area contributed by atoms with E-state index in [0.717, 1.165) is 15.6 Å². The summed E-state index contributed by atoms with van der Waals surface area (Å²) in [6.07, 6.45) is 1.12. The van der Waals surface area contributed by atoms with E-state index in [9.17, 15) is 9.59 Å². The summed E-state index contributed by atoms with van der Waals surface area (Å²) in [5, 5.41) is 10.1. The zero-order valence-electron chi connectivity index (χ0n) is 15.4. The van der Waals surface area contributed by atoms with Crippen LogP contribution in [0, 0.1) is 13.8 Å². The Morgan fingerprint density at radius 1 is 1.32 bits per heavy atom. The monoisotopic (exact) mass is 364 g/mol. The highest BCUT2D eigenvalue weighted by atomic mass is 32.1. The number of hydrogen-bond acceptors (Lipinski definition) is 5. The van der Waals surface area contributed by atoms with Gasteiger partial charge < -0.3 is 14.4 Å². The van der Waals surface area contributed by atoms with E-state index in [4.69, 9.17) is 9.52 Å². The summed E-state index contributed by atoms with van der Waals surface area (Å²) in [7, 11) is 1.72. The van der Waals surface area contributed by atoms with Crippen LogP contribution in [-0.2, 0) is 11.2 Å². The maximum Gasteiger partial charge on any atom is 0.311 e. The summed E-state index contributed by atoms with van der Waals surface area (Å²) in [5.41, 5.74) is 1.91. The van der Waals surface area contributed by atoms with Crippen molar-refractivity contribution in [2.24, 2.45) is 0 Å². The fourth-order valence-electron chi connectivity index (χ4n) is 2.64. The zero-order chi connectivity index (χ0) is 18.9. The molecule has 0 bridgehead atoms. The molecule has 136 valence electrons. The lowest BCUT2D eigenvalue weighted by Gasteiger charge is -2.24. The number of carbonyl (C=O) groups is 2. The predicted molar refractivity (Wildman–Crippen MR) is 96.2 cm³/mol. The highest BCUT2D eigenvalue weighted by Crippen LogP contribution is 2.33. The van der Waals surface area contributed by atoms with Crippen molar-refractivity contribution in [3.63, 3.8) is 0 Å². The average molecular weight is 364 g/mol. The smallest absolute Gasteiger partial charge is 0.311 e. The molecule has 2 aromatic heterocycles. The number of nitrogens with zero attached hydrogens (tertiary/aromatic N) is 2. The van der Waals surface area contributed by atoms with Crippen molar-refractivity contribution in [2.75, 3.05) is 7.05 Å². The first-order valence-electron chi connectivity index (χ1n) is 8.16. The van der Waals surface area contributed by atoms with Crippen LogP contribution in [0.4, 0.5) is 0 Å². The average Bonchev–Trinajstić information content (AvgIpc) is 3.08. The third-order valence-electron chi connectivity index (χ3n) is 4.20.